The molecular formula is C36H36ClN3O6S2. The maximum Gasteiger partial charge on any atom is 0.301 e. The summed E-state index contributed by atoms with van der Waals surface area (Å²) in [5.41, 5.74) is 2.90. The number of hydrogen-bond donors (Lipinski definition) is 1. The Balaban J connectivity index is 1.40. The number of amides is 1. The quantitative estimate of drug-likeness (QED) is 0.0512. The van der Waals surface area contributed by atoms with Gasteiger partial charge in [0.25, 0.3) is 5.78 Å². The van der Waals surface area contributed by atoms with E-state index < -0.39 is 17.7 Å². The first kappa shape index (κ1) is 33.8. The van der Waals surface area contributed by atoms with E-state index in [9.17, 15) is 14.7 Å². The summed E-state index contributed by atoms with van der Waals surface area (Å²) in [6, 6.07) is 17.2. The smallest absolute Gasteiger partial charge is 0.301 e. The van der Waals surface area contributed by atoms with Gasteiger partial charge in [-0.25, -0.2) is 0 Å². The number of rotatable bonds is 12. The number of carbonyl (C=O) groups excluding carboxylic acids is 2. The molecule has 1 saturated heterocycles. The number of fused-ring (bicyclic) bond motifs is 1. The van der Waals surface area contributed by atoms with Crippen molar-refractivity contribution >= 4 is 57.3 Å². The lowest BCUT2D eigenvalue weighted by Gasteiger charge is -2.24. The zero-order chi connectivity index (χ0) is 33.9. The SMILES string of the molecule is CCOc1cc([C@@H]2/C(=C(\O)c3ccc4c(c3)C[C@H](C)O4)C(=O)C(=O)N2c2nnc(SCc3ccc(Cl)cc3)s2)ccc1OCCC(C)C. The van der Waals surface area contributed by atoms with Crippen LogP contribution in [0.15, 0.2) is 70.6 Å². The number of aliphatic hydroxyl groups is 1. The Bertz CT molecular complexity index is 1860. The van der Waals surface area contributed by atoms with Crippen LogP contribution in [0, 0.1) is 5.92 Å². The molecule has 3 heterocycles. The summed E-state index contributed by atoms with van der Waals surface area (Å²) in [5.74, 6) is 0.957. The van der Waals surface area contributed by atoms with Crippen molar-refractivity contribution in [2.24, 2.45) is 5.92 Å². The van der Waals surface area contributed by atoms with Crippen molar-refractivity contribution < 1.29 is 28.9 Å². The minimum absolute atomic E-state index is 0.00500. The van der Waals surface area contributed by atoms with E-state index in [1.807, 2.05) is 44.2 Å². The number of halogens is 1. The van der Waals surface area contributed by atoms with E-state index in [0.29, 0.717) is 63.3 Å². The second-order valence-corrected chi connectivity index (χ2v) is 14.7. The fourth-order valence-electron chi connectivity index (χ4n) is 5.64. The Morgan fingerprint density at radius 1 is 1.08 bits per heavy atom. The molecule has 0 radical (unpaired) electrons. The lowest BCUT2D eigenvalue weighted by molar-refractivity contribution is -0.132. The van der Waals surface area contributed by atoms with Crippen LogP contribution in [0.2, 0.25) is 5.02 Å². The summed E-state index contributed by atoms with van der Waals surface area (Å²) < 4.78 is 18.5. The van der Waals surface area contributed by atoms with Gasteiger partial charge in [0.15, 0.2) is 15.8 Å². The molecule has 0 unspecified atom stereocenters. The Morgan fingerprint density at radius 3 is 2.62 bits per heavy atom. The topological polar surface area (TPSA) is 111 Å². The predicted octanol–water partition coefficient (Wildman–Crippen LogP) is 8.26. The molecule has 9 nitrogen and oxygen atoms in total. The highest BCUT2D eigenvalue weighted by atomic mass is 35.5. The van der Waals surface area contributed by atoms with Crippen molar-refractivity contribution in [3.63, 3.8) is 0 Å². The monoisotopic (exact) mass is 705 g/mol. The van der Waals surface area contributed by atoms with Crippen LogP contribution >= 0.6 is 34.7 Å². The Labute approximate surface area is 292 Å². The van der Waals surface area contributed by atoms with Gasteiger partial charge in [-0.1, -0.05) is 66.7 Å². The first-order valence-corrected chi connectivity index (χ1v) is 18.0. The van der Waals surface area contributed by atoms with Gasteiger partial charge in [0, 0.05) is 22.8 Å². The number of anilines is 1. The van der Waals surface area contributed by atoms with E-state index in [2.05, 4.69) is 24.0 Å². The van der Waals surface area contributed by atoms with Crippen molar-refractivity contribution in [2.75, 3.05) is 18.1 Å². The van der Waals surface area contributed by atoms with Gasteiger partial charge in [-0.15, -0.1) is 10.2 Å². The number of carbonyl (C=O) groups is 2. The molecule has 12 heteroatoms. The molecule has 48 heavy (non-hydrogen) atoms. The Morgan fingerprint density at radius 2 is 1.88 bits per heavy atom. The molecule has 250 valence electrons. The molecular weight excluding hydrogens is 670 g/mol. The number of nitrogens with zero attached hydrogens (tertiary/aromatic N) is 3. The van der Waals surface area contributed by atoms with E-state index >= 15 is 0 Å². The highest BCUT2D eigenvalue weighted by molar-refractivity contribution is 8.00. The lowest BCUT2D eigenvalue weighted by atomic mass is 9.94. The zero-order valence-electron chi connectivity index (χ0n) is 27.1. The number of Topliss-reactive ketones (excluding diaryl/α,β-unsaturated/α-hetero) is 1. The van der Waals surface area contributed by atoms with Crippen LogP contribution in [0.3, 0.4) is 0 Å². The van der Waals surface area contributed by atoms with Crippen molar-refractivity contribution in [3.8, 4) is 17.2 Å². The molecule has 2 aliphatic rings. The minimum atomic E-state index is -1.00. The Hall–Kier alpha value is -4.06. The fraction of sp³-hybridized carbons (Fsp3) is 0.333. The average molecular weight is 706 g/mol. The van der Waals surface area contributed by atoms with Crippen LogP contribution in [-0.2, 0) is 21.8 Å². The average Bonchev–Trinajstić information content (AvgIpc) is 3.75. The third kappa shape index (κ3) is 7.18. The number of ether oxygens (including phenoxy) is 3. The van der Waals surface area contributed by atoms with Gasteiger partial charge < -0.3 is 19.3 Å². The zero-order valence-corrected chi connectivity index (χ0v) is 29.5. The van der Waals surface area contributed by atoms with Gasteiger partial charge in [0.05, 0.1) is 24.8 Å². The number of thioether (sulfide) groups is 1. The van der Waals surface area contributed by atoms with Crippen molar-refractivity contribution in [2.45, 2.75) is 62.8 Å². The van der Waals surface area contributed by atoms with E-state index in [4.69, 9.17) is 25.8 Å². The first-order chi connectivity index (χ1) is 23.1. The molecule has 0 spiro atoms. The summed E-state index contributed by atoms with van der Waals surface area (Å²) in [6.07, 6.45) is 1.55. The maximum atomic E-state index is 13.9. The summed E-state index contributed by atoms with van der Waals surface area (Å²) in [7, 11) is 0. The van der Waals surface area contributed by atoms with E-state index in [1.54, 1.807) is 30.3 Å². The first-order valence-electron chi connectivity index (χ1n) is 15.8. The normalized spacial score (nSPS) is 18.3. The van der Waals surface area contributed by atoms with E-state index in [-0.39, 0.29) is 22.6 Å². The molecule has 0 saturated carbocycles. The third-order valence-electron chi connectivity index (χ3n) is 8.03. The molecule has 1 fully saturated rings. The standard InChI is InChI=1S/C36H36ClN3O6S2/c1-5-44-29-18-23(8-13-28(29)45-15-14-20(2)3)31-30(32(41)24-9-12-27-25(17-24)16-21(4)46-27)33(42)34(43)40(31)35-38-39-36(48-35)47-19-22-6-10-26(37)11-7-22/h6-13,17-18,20-21,31,41H,5,14-16,19H2,1-4H3/b32-30+/t21-,31+/m0/s1. The number of hydrogen-bond acceptors (Lipinski definition) is 10. The summed E-state index contributed by atoms with van der Waals surface area (Å²) in [4.78, 5) is 29.0. The predicted molar refractivity (Wildman–Crippen MR) is 189 cm³/mol. The third-order valence-corrected chi connectivity index (χ3v) is 10.4. The number of aromatic nitrogens is 2. The van der Waals surface area contributed by atoms with Crippen LogP contribution in [0.4, 0.5) is 5.13 Å². The minimum Gasteiger partial charge on any atom is -0.507 e. The van der Waals surface area contributed by atoms with Crippen LogP contribution in [0.5, 0.6) is 17.2 Å². The summed E-state index contributed by atoms with van der Waals surface area (Å²) >= 11 is 8.70. The van der Waals surface area contributed by atoms with Crippen LogP contribution < -0.4 is 19.1 Å². The highest BCUT2D eigenvalue weighted by Gasteiger charge is 2.48. The highest BCUT2D eigenvalue weighted by Crippen LogP contribution is 2.46. The molecule has 0 bridgehead atoms. The maximum absolute atomic E-state index is 13.9. The lowest BCUT2D eigenvalue weighted by Crippen LogP contribution is -2.29. The molecule has 1 N–H and O–H groups in total. The van der Waals surface area contributed by atoms with Gasteiger partial charge in [-0.3, -0.25) is 14.5 Å². The largest absolute Gasteiger partial charge is 0.507 e. The molecule has 6 rings (SSSR count). The second kappa shape index (κ2) is 14.6. The van der Waals surface area contributed by atoms with Crippen LogP contribution in [0.25, 0.3) is 5.76 Å². The van der Waals surface area contributed by atoms with Gasteiger partial charge in [-0.05, 0) is 85.3 Å². The van der Waals surface area contributed by atoms with Gasteiger partial charge in [0.2, 0.25) is 5.13 Å². The number of aliphatic hydroxyl groups excluding tert-OH is 1. The summed E-state index contributed by atoms with van der Waals surface area (Å²) in [5, 5.41) is 21.3. The van der Waals surface area contributed by atoms with Crippen molar-refractivity contribution in [1.82, 2.24) is 10.2 Å². The molecule has 1 aromatic heterocycles. The molecule has 4 aromatic rings. The van der Waals surface area contributed by atoms with Crippen molar-refractivity contribution in [1.29, 1.82) is 0 Å². The molecule has 0 aliphatic carbocycles. The van der Waals surface area contributed by atoms with Crippen LogP contribution in [0.1, 0.15) is 62.4 Å². The summed E-state index contributed by atoms with van der Waals surface area (Å²) in [6.45, 7) is 8.99. The van der Waals surface area contributed by atoms with E-state index in [0.717, 1.165) is 23.3 Å². The number of ketones is 1. The van der Waals surface area contributed by atoms with Gasteiger partial charge in [0.1, 0.15) is 17.6 Å². The van der Waals surface area contributed by atoms with Gasteiger partial charge >= 0.3 is 5.91 Å². The molecule has 1 amide bonds. The van der Waals surface area contributed by atoms with Crippen LogP contribution in [-0.4, -0.2) is 46.3 Å². The van der Waals surface area contributed by atoms with Gasteiger partial charge in [-0.2, -0.15) is 0 Å². The second-order valence-electron chi connectivity index (χ2n) is 12.1. The molecule has 2 aliphatic heterocycles. The fourth-order valence-corrected chi connectivity index (χ4v) is 7.59. The Kier molecular flexibility index (Phi) is 10.3. The van der Waals surface area contributed by atoms with Crippen molar-refractivity contribution in [3.05, 3.63) is 93.5 Å². The molecule has 3 aromatic carbocycles. The number of benzene rings is 3. The van der Waals surface area contributed by atoms with E-state index in [1.165, 1.54) is 28.0 Å². The molecule has 2 atom stereocenters.